The first-order valence-corrected chi connectivity index (χ1v) is 10.1. The van der Waals surface area contributed by atoms with Crippen LogP contribution in [0.5, 0.6) is 0 Å². The van der Waals surface area contributed by atoms with Crippen LogP contribution in [-0.4, -0.2) is 41.5 Å². The lowest BCUT2D eigenvalue weighted by Crippen LogP contribution is -2.40. The molecule has 5 nitrogen and oxygen atoms in total. The highest BCUT2D eigenvalue weighted by Crippen LogP contribution is 2.48. The zero-order chi connectivity index (χ0) is 19.9. The van der Waals surface area contributed by atoms with Gasteiger partial charge >= 0.3 is 5.97 Å². The van der Waals surface area contributed by atoms with Crippen LogP contribution < -0.4 is 4.90 Å². The molecule has 0 saturated carbocycles. The molecule has 1 atom stereocenters. The number of anilines is 1. The summed E-state index contributed by atoms with van der Waals surface area (Å²) in [5.74, 6) is -0.264. The molecular weight excluding hydrogens is 352 g/mol. The molecule has 1 aromatic rings. The molecule has 5 heteroatoms. The Morgan fingerprint density at radius 1 is 1.18 bits per heavy atom. The molecule has 1 unspecified atom stereocenters. The van der Waals surface area contributed by atoms with Crippen LogP contribution in [0, 0.1) is 17.3 Å². The zero-order valence-electron chi connectivity index (χ0n) is 16.6. The number of carbonyl (C=O) groups is 2. The maximum absolute atomic E-state index is 13.1. The minimum absolute atomic E-state index is 0.0764. The van der Waals surface area contributed by atoms with Gasteiger partial charge in [0.2, 0.25) is 5.91 Å². The molecule has 3 aliphatic rings. The topological polar surface area (TPSA) is 60.9 Å². The highest BCUT2D eigenvalue weighted by atomic mass is 16.4. The van der Waals surface area contributed by atoms with Crippen LogP contribution in [0.1, 0.15) is 33.1 Å². The number of rotatable bonds is 4. The van der Waals surface area contributed by atoms with E-state index < -0.39 is 11.4 Å². The van der Waals surface area contributed by atoms with Crippen molar-refractivity contribution in [2.24, 2.45) is 17.3 Å². The highest BCUT2D eigenvalue weighted by Gasteiger charge is 2.51. The lowest BCUT2D eigenvalue weighted by molar-refractivity contribution is -0.135. The standard InChI is InChI=1S/C23H28N2O3/c1-23(2)19-9-8-17(21(26)27)14-20(19)25(22(23)28)15-16-10-12-24(13-11-16)18-6-4-3-5-7-18/h3-8,14,16,19H,9-13,15H2,1-2H3,(H,26,27). The fourth-order valence-electron chi connectivity index (χ4n) is 4.84. The Bertz CT molecular complexity index is 833. The van der Waals surface area contributed by atoms with Crippen LogP contribution in [0.25, 0.3) is 0 Å². The second kappa shape index (κ2) is 7.12. The number of hydrogen-bond donors (Lipinski definition) is 1. The Hall–Kier alpha value is -2.56. The van der Waals surface area contributed by atoms with Gasteiger partial charge in [-0.2, -0.15) is 0 Å². The molecule has 0 radical (unpaired) electrons. The summed E-state index contributed by atoms with van der Waals surface area (Å²) in [5.41, 5.74) is 1.99. The average molecular weight is 380 g/mol. The summed E-state index contributed by atoms with van der Waals surface area (Å²) in [6.07, 6.45) is 6.18. The summed E-state index contributed by atoms with van der Waals surface area (Å²) in [5, 5.41) is 9.38. The maximum Gasteiger partial charge on any atom is 0.335 e. The number of nitrogens with zero attached hydrogens (tertiary/aromatic N) is 2. The van der Waals surface area contributed by atoms with Crippen LogP contribution in [0.2, 0.25) is 0 Å². The smallest absolute Gasteiger partial charge is 0.335 e. The number of likely N-dealkylation sites (tertiary alicyclic amines) is 1. The van der Waals surface area contributed by atoms with E-state index in [0.29, 0.717) is 24.5 Å². The third-order valence-electron chi connectivity index (χ3n) is 6.64. The monoisotopic (exact) mass is 380 g/mol. The molecule has 1 aliphatic carbocycles. The van der Waals surface area contributed by atoms with Gasteiger partial charge in [-0.15, -0.1) is 0 Å². The number of benzene rings is 1. The number of para-hydroxylation sites is 1. The largest absolute Gasteiger partial charge is 0.478 e. The third-order valence-corrected chi connectivity index (χ3v) is 6.64. The van der Waals surface area contributed by atoms with E-state index in [1.807, 2.05) is 24.8 Å². The van der Waals surface area contributed by atoms with Gasteiger partial charge in [0.1, 0.15) is 0 Å². The van der Waals surface area contributed by atoms with E-state index in [0.717, 1.165) is 31.6 Å². The lowest BCUT2D eigenvalue weighted by atomic mass is 9.76. The predicted molar refractivity (Wildman–Crippen MR) is 109 cm³/mol. The van der Waals surface area contributed by atoms with Gasteiger partial charge < -0.3 is 14.9 Å². The normalized spacial score (nSPS) is 24.6. The Balaban J connectivity index is 1.47. The first kappa shape index (κ1) is 18.8. The van der Waals surface area contributed by atoms with E-state index in [4.69, 9.17) is 0 Å². The number of allylic oxidation sites excluding steroid dienone is 2. The van der Waals surface area contributed by atoms with E-state index in [-0.39, 0.29) is 11.8 Å². The lowest BCUT2D eigenvalue weighted by Gasteiger charge is -2.36. The van der Waals surface area contributed by atoms with Crippen molar-refractivity contribution < 1.29 is 14.7 Å². The fraction of sp³-hybridized carbons (Fsp3) is 0.478. The van der Waals surface area contributed by atoms with E-state index in [2.05, 4.69) is 29.2 Å². The van der Waals surface area contributed by atoms with Gasteiger partial charge in [-0.25, -0.2) is 4.79 Å². The van der Waals surface area contributed by atoms with Crippen LogP contribution in [0.3, 0.4) is 0 Å². The number of piperidine rings is 1. The van der Waals surface area contributed by atoms with Crippen molar-refractivity contribution in [1.82, 2.24) is 4.90 Å². The zero-order valence-corrected chi connectivity index (χ0v) is 16.6. The maximum atomic E-state index is 13.1. The Morgan fingerprint density at radius 3 is 2.50 bits per heavy atom. The van der Waals surface area contributed by atoms with Gasteiger partial charge in [-0.05, 0) is 43.4 Å². The fourth-order valence-corrected chi connectivity index (χ4v) is 4.84. The summed E-state index contributed by atoms with van der Waals surface area (Å²) < 4.78 is 0. The molecule has 148 valence electrons. The van der Waals surface area contributed by atoms with Gasteiger partial charge in [0.25, 0.3) is 0 Å². The summed E-state index contributed by atoms with van der Waals surface area (Å²) in [6, 6.07) is 10.4. The molecular formula is C23H28N2O3. The van der Waals surface area contributed by atoms with Gasteiger partial charge in [0, 0.05) is 36.9 Å². The summed E-state index contributed by atoms with van der Waals surface area (Å²) in [6.45, 7) is 6.66. The number of carbonyl (C=O) groups excluding carboxylic acids is 1. The summed E-state index contributed by atoms with van der Waals surface area (Å²) >= 11 is 0. The molecule has 2 fully saturated rings. The van der Waals surface area contributed by atoms with E-state index in [1.54, 1.807) is 12.2 Å². The molecule has 0 spiro atoms. The van der Waals surface area contributed by atoms with Crippen molar-refractivity contribution in [1.29, 1.82) is 0 Å². The number of carboxylic acid groups (broad SMARTS) is 1. The number of amides is 1. The van der Waals surface area contributed by atoms with Gasteiger partial charge in [-0.1, -0.05) is 38.1 Å². The van der Waals surface area contributed by atoms with Gasteiger partial charge in [0.15, 0.2) is 0 Å². The van der Waals surface area contributed by atoms with Crippen molar-refractivity contribution in [2.45, 2.75) is 33.1 Å². The third kappa shape index (κ3) is 3.23. The van der Waals surface area contributed by atoms with E-state index in [9.17, 15) is 14.7 Å². The number of hydrogen-bond acceptors (Lipinski definition) is 3. The molecule has 2 saturated heterocycles. The molecule has 0 aromatic heterocycles. The Morgan fingerprint density at radius 2 is 1.86 bits per heavy atom. The first-order chi connectivity index (χ1) is 13.4. The molecule has 0 bridgehead atoms. The van der Waals surface area contributed by atoms with E-state index in [1.165, 1.54) is 5.69 Å². The molecule has 1 N–H and O–H groups in total. The Labute approximate surface area is 166 Å². The number of carboxylic acids is 1. The first-order valence-electron chi connectivity index (χ1n) is 10.1. The SMILES string of the molecule is CC1(C)C(=O)N(CC2CCN(c3ccccc3)CC2)C2=CC(C(=O)O)=CCC21. The predicted octanol–water partition coefficient (Wildman–Crippen LogP) is 3.69. The van der Waals surface area contributed by atoms with Crippen molar-refractivity contribution in [3.63, 3.8) is 0 Å². The highest BCUT2D eigenvalue weighted by molar-refractivity contribution is 5.93. The summed E-state index contributed by atoms with van der Waals surface area (Å²) in [4.78, 5) is 28.9. The molecule has 2 heterocycles. The van der Waals surface area contributed by atoms with Crippen molar-refractivity contribution in [3.05, 3.63) is 53.8 Å². The second-order valence-corrected chi connectivity index (χ2v) is 8.73. The van der Waals surface area contributed by atoms with Crippen molar-refractivity contribution in [2.75, 3.05) is 24.5 Å². The number of aliphatic carboxylic acids is 1. The average Bonchev–Trinajstić information content (AvgIpc) is 2.89. The minimum Gasteiger partial charge on any atom is -0.478 e. The van der Waals surface area contributed by atoms with Crippen LogP contribution in [-0.2, 0) is 9.59 Å². The van der Waals surface area contributed by atoms with Gasteiger partial charge in [0.05, 0.1) is 11.0 Å². The minimum atomic E-state index is -0.917. The van der Waals surface area contributed by atoms with Crippen LogP contribution in [0.15, 0.2) is 53.8 Å². The molecule has 28 heavy (non-hydrogen) atoms. The van der Waals surface area contributed by atoms with Gasteiger partial charge in [-0.3, -0.25) is 4.79 Å². The van der Waals surface area contributed by atoms with Crippen molar-refractivity contribution in [3.8, 4) is 0 Å². The molecule has 4 rings (SSSR count). The second-order valence-electron chi connectivity index (χ2n) is 8.73. The van der Waals surface area contributed by atoms with Crippen LogP contribution in [0.4, 0.5) is 5.69 Å². The molecule has 1 amide bonds. The number of fused-ring (bicyclic) bond motifs is 1. The van der Waals surface area contributed by atoms with Crippen LogP contribution >= 0.6 is 0 Å². The quantitative estimate of drug-likeness (QED) is 0.865. The molecule has 2 aliphatic heterocycles. The van der Waals surface area contributed by atoms with E-state index >= 15 is 0 Å². The Kier molecular flexibility index (Phi) is 4.77. The van der Waals surface area contributed by atoms with Crippen molar-refractivity contribution >= 4 is 17.6 Å². The molecule has 1 aromatic carbocycles. The summed E-state index contributed by atoms with van der Waals surface area (Å²) in [7, 11) is 0.